The molecule has 86 valence electrons. The second-order valence-electron chi connectivity index (χ2n) is 2.74. The van der Waals surface area contributed by atoms with Crippen molar-refractivity contribution in [1.82, 2.24) is 10.2 Å². The van der Waals surface area contributed by atoms with Crippen molar-refractivity contribution >= 4 is 6.01 Å². The molecule has 3 N–H and O–H groups in total. The van der Waals surface area contributed by atoms with Crippen molar-refractivity contribution in [2.75, 3.05) is 24.6 Å². The summed E-state index contributed by atoms with van der Waals surface area (Å²) in [4.78, 5) is 1.11. The van der Waals surface area contributed by atoms with E-state index in [0.29, 0.717) is 0 Å². The lowest BCUT2D eigenvalue weighted by atomic mass is 10.5. The van der Waals surface area contributed by atoms with E-state index in [2.05, 4.69) is 10.2 Å². The molecule has 1 heterocycles. The molecule has 0 unspecified atom stereocenters. The second-order valence-corrected chi connectivity index (χ2v) is 2.74. The minimum Gasteiger partial charge on any atom is -0.407 e. The summed E-state index contributed by atoms with van der Waals surface area (Å²) in [6, 6.07) is -0.0511. The number of aliphatic hydroxyl groups excluding tert-OH is 1. The minimum atomic E-state index is -2.54. The highest BCUT2D eigenvalue weighted by Crippen LogP contribution is 2.13. The zero-order valence-electron chi connectivity index (χ0n) is 7.94. The van der Waals surface area contributed by atoms with E-state index in [1.807, 2.05) is 0 Å². The maximum Gasteiger partial charge on any atom is 0.318 e. The van der Waals surface area contributed by atoms with E-state index < -0.39 is 13.0 Å². The molecule has 1 aromatic heterocycles. The predicted molar refractivity (Wildman–Crippen MR) is 47.5 cm³/mol. The monoisotopic (exact) mass is 222 g/mol. The van der Waals surface area contributed by atoms with Gasteiger partial charge in [0.25, 0.3) is 6.43 Å². The largest absolute Gasteiger partial charge is 0.407 e. The third kappa shape index (κ3) is 3.40. The molecule has 0 saturated carbocycles. The van der Waals surface area contributed by atoms with Crippen molar-refractivity contribution < 1.29 is 18.3 Å². The summed E-state index contributed by atoms with van der Waals surface area (Å²) in [5, 5.41) is 15.8. The number of nitrogens with zero attached hydrogens (tertiary/aromatic N) is 3. The molecule has 0 aliphatic rings. The Kier molecular flexibility index (Phi) is 4.37. The average Bonchev–Trinajstić information content (AvgIpc) is 2.64. The van der Waals surface area contributed by atoms with Gasteiger partial charge in [0, 0.05) is 6.54 Å². The summed E-state index contributed by atoms with van der Waals surface area (Å²) in [5.41, 5.74) is 5.23. The van der Waals surface area contributed by atoms with Gasteiger partial charge in [-0.2, -0.15) is 0 Å². The highest BCUT2D eigenvalue weighted by atomic mass is 19.3. The number of anilines is 1. The lowest BCUT2D eigenvalue weighted by Crippen LogP contribution is -2.31. The van der Waals surface area contributed by atoms with Gasteiger partial charge in [0.1, 0.15) is 0 Å². The Morgan fingerprint density at radius 2 is 2.20 bits per heavy atom. The highest BCUT2D eigenvalue weighted by molar-refractivity contribution is 5.23. The van der Waals surface area contributed by atoms with Gasteiger partial charge in [-0.3, -0.25) is 0 Å². The second kappa shape index (κ2) is 5.56. The molecule has 1 rings (SSSR count). The van der Waals surface area contributed by atoms with Gasteiger partial charge in [0.2, 0.25) is 5.89 Å². The number of nitrogens with two attached hydrogens (primary N) is 1. The first kappa shape index (κ1) is 11.8. The van der Waals surface area contributed by atoms with E-state index in [4.69, 9.17) is 15.3 Å². The fourth-order valence-corrected chi connectivity index (χ4v) is 1.01. The molecule has 0 amide bonds. The van der Waals surface area contributed by atoms with Crippen molar-refractivity contribution in [3.63, 3.8) is 0 Å². The molecule has 1 aromatic rings. The van der Waals surface area contributed by atoms with Crippen LogP contribution in [-0.4, -0.2) is 41.4 Å². The standard InChI is InChI=1S/C7H12F2N4O2/c8-5(9)4-13(1-2-14)7-12-11-6(3-10)15-7/h5,14H,1-4,10H2. The van der Waals surface area contributed by atoms with Gasteiger partial charge in [-0.15, -0.1) is 5.10 Å². The van der Waals surface area contributed by atoms with Crippen LogP contribution in [0.15, 0.2) is 4.42 Å². The first-order valence-electron chi connectivity index (χ1n) is 4.33. The SMILES string of the molecule is NCc1nnc(N(CCO)CC(F)F)o1. The molecule has 0 aromatic carbocycles. The summed E-state index contributed by atoms with van der Waals surface area (Å²) >= 11 is 0. The van der Waals surface area contributed by atoms with E-state index in [1.165, 1.54) is 0 Å². The topological polar surface area (TPSA) is 88.4 Å². The van der Waals surface area contributed by atoms with Gasteiger partial charge < -0.3 is 20.2 Å². The van der Waals surface area contributed by atoms with Crippen molar-refractivity contribution in [2.45, 2.75) is 13.0 Å². The Morgan fingerprint density at radius 3 is 2.67 bits per heavy atom. The molecule has 0 saturated heterocycles. The predicted octanol–water partition coefficient (Wildman–Crippen LogP) is -0.408. The Labute approximate surface area is 84.7 Å². The fraction of sp³-hybridized carbons (Fsp3) is 0.714. The smallest absolute Gasteiger partial charge is 0.318 e. The third-order valence-corrected chi connectivity index (χ3v) is 1.63. The normalized spacial score (nSPS) is 11.0. The molecule has 0 bridgehead atoms. The number of hydrogen-bond donors (Lipinski definition) is 2. The quantitative estimate of drug-likeness (QED) is 0.680. The molecule has 0 atom stereocenters. The third-order valence-electron chi connectivity index (χ3n) is 1.63. The van der Waals surface area contributed by atoms with Crippen LogP contribution in [0.1, 0.15) is 5.89 Å². The average molecular weight is 222 g/mol. The van der Waals surface area contributed by atoms with Crippen LogP contribution in [0.2, 0.25) is 0 Å². The number of hydrogen-bond acceptors (Lipinski definition) is 6. The number of aromatic nitrogens is 2. The van der Waals surface area contributed by atoms with Crippen LogP contribution in [0, 0.1) is 0 Å². The van der Waals surface area contributed by atoms with Crippen LogP contribution in [0.4, 0.5) is 14.8 Å². The van der Waals surface area contributed by atoms with E-state index in [1.54, 1.807) is 0 Å². The number of alkyl halides is 2. The van der Waals surface area contributed by atoms with Gasteiger partial charge in [-0.1, -0.05) is 5.10 Å². The van der Waals surface area contributed by atoms with Crippen LogP contribution in [-0.2, 0) is 6.54 Å². The van der Waals surface area contributed by atoms with E-state index in [0.717, 1.165) is 4.90 Å². The van der Waals surface area contributed by atoms with E-state index >= 15 is 0 Å². The lowest BCUT2D eigenvalue weighted by molar-refractivity contribution is 0.150. The minimum absolute atomic E-state index is 0.0105. The van der Waals surface area contributed by atoms with Gasteiger partial charge >= 0.3 is 6.01 Å². The number of halogens is 2. The summed E-state index contributed by atoms with van der Waals surface area (Å²) in [7, 11) is 0. The van der Waals surface area contributed by atoms with Crippen molar-refractivity contribution in [3.05, 3.63) is 5.89 Å². The van der Waals surface area contributed by atoms with Crippen LogP contribution in [0.5, 0.6) is 0 Å². The maximum atomic E-state index is 12.1. The highest BCUT2D eigenvalue weighted by Gasteiger charge is 2.17. The Morgan fingerprint density at radius 1 is 1.47 bits per heavy atom. The van der Waals surface area contributed by atoms with Gasteiger partial charge in [-0.25, -0.2) is 8.78 Å². The Balaban J connectivity index is 2.69. The maximum absolute atomic E-state index is 12.1. The molecule has 0 aliphatic carbocycles. The zero-order chi connectivity index (χ0) is 11.3. The number of aliphatic hydroxyl groups is 1. The molecular weight excluding hydrogens is 210 g/mol. The molecule has 0 aliphatic heterocycles. The molecular formula is C7H12F2N4O2. The summed E-state index contributed by atoms with van der Waals surface area (Å²) in [6.45, 7) is -0.773. The number of rotatable bonds is 6. The summed E-state index contributed by atoms with van der Waals surface area (Å²) in [5.74, 6) is 0.169. The van der Waals surface area contributed by atoms with E-state index in [-0.39, 0.29) is 31.6 Å². The molecule has 0 spiro atoms. The molecule has 6 nitrogen and oxygen atoms in total. The van der Waals surface area contributed by atoms with Crippen LogP contribution in [0.25, 0.3) is 0 Å². The molecule has 15 heavy (non-hydrogen) atoms. The van der Waals surface area contributed by atoms with Gasteiger partial charge in [-0.05, 0) is 0 Å². The van der Waals surface area contributed by atoms with Gasteiger partial charge in [0.15, 0.2) is 0 Å². The van der Waals surface area contributed by atoms with Crippen molar-refractivity contribution in [3.8, 4) is 0 Å². The summed E-state index contributed by atoms with van der Waals surface area (Å²) in [6.07, 6.45) is -2.54. The van der Waals surface area contributed by atoms with E-state index in [9.17, 15) is 8.78 Å². The molecule has 8 heteroatoms. The zero-order valence-corrected chi connectivity index (χ0v) is 7.94. The Hall–Kier alpha value is -1.28. The summed E-state index contributed by atoms with van der Waals surface area (Å²) < 4.78 is 29.3. The lowest BCUT2D eigenvalue weighted by Gasteiger charge is -2.17. The first-order valence-corrected chi connectivity index (χ1v) is 4.33. The van der Waals surface area contributed by atoms with Crippen LogP contribution >= 0.6 is 0 Å². The van der Waals surface area contributed by atoms with Gasteiger partial charge in [0.05, 0.1) is 19.7 Å². The van der Waals surface area contributed by atoms with Crippen LogP contribution in [0.3, 0.4) is 0 Å². The first-order chi connectivity index (χ1) is 7.17. The van der Waals surface area contributed by atoms with Crippen LogP contribution < -0.4 is 10.6 Å². The molecule has 0 fully saturated rings. The van der Waals surface area contributed by atoms with Crippen molar-refractivity contribution in [1.29, 1.82) is 0 Å². The van der Waals surface area contributed by atoms with Crippen molar-refractivity contribution in [2.24, 2.45) is 5.73 Å². The fourth-order valence-electron chi connectivity index (χ4n) is 1.01. The molecule has 0 radical (unpaired) electrons. The Bertz CT molecular complexity index is 294.